The first-order valence-electron chi connectivity index (χ1n) is 10.2. The van der Waals surface area contributed by atoms with Crippen LogP contribution >= 0.6 is 11.3 Å². The number of carbonyl (C=O) groups is 2. The number of rotatable bonds is 6. The Balaban J connectivity index is 1.20. The minimum absolute atomic E-state index is 0.0160. The lowest BCUT2D eigenvalue weighted by molar-refractivity contribution is -0.123. The number of nitrogens with one attached hydrogen (secondary N) is 3. The number of carbonyl (C=O) groups excluding carboxylic acids is 2. The number of piperidine rings is 1. The van der Waals surface area contributed by atoms with Gasteiger partial charge >= 0.3 is 0 Å². The second-order valence-corrected chi connectivity index (χ2v) is 9.01. The van der Waals surface area contributed by atoms with Gasteiger partial charge in [0.1, 0.15) is 0 Å². The third-order valence-corrected chi connectivity index (χ3v) is 6.83. The molecule has 2 atom stereocenters. The van der Waals surface area contributed by atoms with Gasteiger partial charge in [-0.25, -0.2) is 4.98 Å². The summed E-state index contributed by atoms with van der Waals surface area (Å²) >= 11 is 1.62. The highest BCUT2D eigenvalue weighted by Crippen LogP contribution is 2.30. The molecule has 2 amide bonds. The van der Waals surface area contributed by atoms with Crippen molar-refractivity contribution in [2.75, 3.05) is 38.0 Å². The highest BCUT2D eigenvalue weighted by Gasteiger charge is 2.25. The average molecular weight is 392 g/mol. The normalized spacial score (nSPS) is 25.3. The molecule has 3 aliphatic rings. The van der Waals surface area contributed by atoms with Crippen LogP contribution in [0, 0.1) is 5.92 Å². The smallest absolute Gasteiger partial charge is 0.240 e. The maximum Gasteiger partial charge on any atom is 0.240 e. The van der Waals surface area contributed by atoms with Crippen molar-refractivity contribution in [3.63, 3.8) is 0 Å². The van der Waals surface area contributed by atoms with Crippen molar-refractivity contribution < 1.29 is 9.59 Å². The molecule has 3 N–H and O–H groups in total. The van der Waals surface area contributed by atoms with Gasteiger partial charge < -0.3 is 16.0 Å². The zero-order valence-corrected chi connectivity index (χ0v) is 16.6. The summed E-state index contributed by atoms with van der Waals surface area (Å²) in [4.78, 5) is 32.6. The zero-order chi connectivity index (χ0) is 18.6. The number of aromatic nitrogens is 1. The molecule has 2 aliphatic heterocycles. The fraction of sp³-hybridized carbons (Fsp3) is 0.737. The second-order valence-electron chi connectivity index (χ2n) is 7.93. The summed E-state index contributed by atoms with van der Waals surface area (Å²) in [5, 5.41) is 10.0. The minimum atomic E-state index is -0.0182. The van der Waals surface area contributed by atoms with Gasteiger partial charge in [-0.1, -0.05) is 0 Å². The third kappa shape index (κ3) is 4.86. The Morgan fingerprint density at radius 2 is 2.15 bits per heavy atom. The van der Waals surface area contributed by atoms with Gasteiger partial charge in [-0.3, -0.25) is 14.5 Å². The SMILES string of the molecule is O=C(CN1CCCC(CNC(=O)C2CCCN2)C1)Nc1nc2c(s1)CCC2. The zero-order valence-electron chi connectivity index (χ0n) is 15.8. The van der Waals surface area contributed by atoms with Gasteiger partial charge in [0.15, 0.2) is 5.13 Å². The van der Waals surface area contributed by atoms with Gasteiger partial charge in [-0.2, -0.15) is 0 Å². The number of nitrogens with zero attached hydrogens (tertiary/aromatic N) is 2. The van der Waals surface area contributed by atoms with E-state index in [2.05, 4.69) is 25.8 Å². The van der Waals surface area contributed by atoms with E-state index in [-0.39, 0.29) is 17.9 Å². The number of fused-ring (bicyclic) bond motifs is 1. The summed E-state index contributed by atoms with van der Waals surface area (Å²) in [6, 6.07) is -0.0182. The van der Waals surface area contributed by atoms with Crippen LogP contribution in [-0.4, -0.2) is 60.5 Å². The predicted molar refractivity (Wildman–Crippen MR) is 106 cm³/mol. The van der Waals surface area contributed by atoms with E-state index in [0.717, 1.165) is 63.3 Å². The topological polar surface area (TPSA) is 86.4 Å². The highest BCUT2D eigenvalue weighted by molar-refractivity contribution is 7.15. The number of hydrogen-bond acceptors (Lipinski definition) is 6. The second kappa shape index (κ2) is 8.67. The fourth-order valence-corrected chi connectivity index (χ4v) is 5.41. The molecule has 2 saturated heterocycles. The molecule has 2 fully saturated rings. The Labute approximate surface area is 164 Å². The summed E-state index contributed by atoms with van der Waals surface area (Å²) < 4.78 is 0. The summed E-state index contributed by atoms with van der Waals surface area (Å²) in [7, 11) is 0. The first-order chi connectivity index (χ1) is 13.2. The van der Waals surface area contributed by atoms with Crippen LogP contribution in [0.2, 0.25) is 0 Å². The van der Waals surface area contributed by atoms with E-state index in [1.807, 2.05) is 0 Å². The van der Waals surface area contributed by atoms with Gasteiger partial charge in [-0.15, -0.1) is 11.3 Å². The third-order valence-electron chi connectivity index (χ3n) is 5.75. The number of likely N-dealkylation sites (tertiary alicyclic amines) is 1. The lowest BCUT2D eigenvalue weighted by Crippen LogP contribution is -2.46. The van der Waals surface area contributed by atoms with E-state index in [4.69, 9.17) is 0 Å². The van der Waals surface area contributed by atoms with Crippen LogP contribution in [0.4, 0.5) is 5.13 Å². The molecule has 2 unspecified atom stereocenters. The molecule has 0 bridgehead atoms. The quantitative estimate of drug-likeness (QED) is 0.677. The maximum absolute atomic E-state index is 12.4. The Hall–Kier alpha value is -1.51. The molecule has 0 saturated carbocycles. The van der Waals surface area contributed by atoms with Crippen LogP contribution in [0.5, 0.6) is 0 Å². The van der Waals surface area contributed by atoms with Crippen molar-refractivity contribution in [3.05, 3.63) is 10.6 Å². The molecular weight excluding hydrogens is 362 g/mol. The molecule has 0 radical (unpaired) electrons. The van der Waals surface area contributed by atoms with Gasteiger partial charge in [-0.05, 0) is 64.0 Å². The lowest BCUT2D eigenvalue weighted by atomic mass is 9.98. The fourth-order valence-electron chi connectivity index (χ4n) is 4.34. The Kier molecular flexibility index (Phi) is 6.04. The monoisotopic (exact) mass is 391 g/mol. The summed E-state index contributed by atoms with van der Waals surface area (Å²) in [5.74, 6) is 0.557. The molecule has 148 valence electrons. The molecule has 1 aromatic rings. The van der Waals surface area contributed by atoms with E-state index in [1.165, 1.54) is 17.0 Å². The molecule has 0 aromatic carbocycles. The summed E-state index contributed by atoms with van der Waals surface area (Å²) in [5.41, 5.74) is 1.17. The van der Waals surface area contributed by atoms with Gasteiger partial charge in [0.2, 0.25) is 11.8 Å². The summed E-state index contributed by atoms with van der Waals surface area (Å²) in [6.45, 7) is 3.84. The van der Waals surface area contributed by atoms with Crippen molar-refractivity contribution in [1.82, 2.24) is 20.5 Å². The first-order valence-corrected chi connectivity index (χ1v) is 11.0. The van der Waals surface area contributed by atoms with Crippen molar-refractivity contribution in [3.8, 4) is 0 Å². The number of anilines is 1. The molecule has 7 nitrogen and oxygen atoms in total. The number of thiazole rings is 1. The first kappa shape index (κ1) is 18.8. The number of amides is 2. The highest BCUT2D eigenvalue weighted by atomic mass is 32.1. The number of aryl methyl sites for hydroxylation is 2. The molecule has 4 rings (SSSR count). The molecule has 1 aliphatic carbocycles. The van der Waals surface area contributed by atoms with Crippen molar-refractivity contribution >= 4 is 28.3 Å². The van der Waals surface area contributed by atoms with Crippen LogP contribution in [0.1, 0.15) is 42.7 Å². The van der Waals surface area contributed by atoms with Crippen molar-refractivity contribution in [1.29, 1.82) is 0 Å². The molecular formula is C19H29N5O2S. The van der Waals surface area contributed by atoms with Crippen LogP contribution in [0.25, 0.3) is 0 Å². The molecule has 1 aromatic heterocycles. The van der Waals surface area contributed by atoms with Crippen LogP contribution in [-0.2, 0) is 22.4 Å². The van der Waals surface area contributed by atoms with E-state index in [1.54, 1.807) is 11.3 Å². The Morgan fingerprint density at radius 1 is 1.22 bits per heavy atom. The Bertz CT molecular complexity index is 664. The predicted octanol–water partition coefficient (Wildman–Crippen LogP) is 1.15. The minimum Gasteiger partial charge on any atom is -0.354 e. The summed E-state index contributed by atoms with van der Waals surface area (Å²) in [6.07, 6.45) is 7.51. The van der Waals surface area contributed by atoms with Crippen molar-refractivity contribution in [2.45, 2.75) is 51.0 Å². The van der Waals surface area contributed by atoms with Gasteiger partial charge in [0, 0.05) is 18.0 Å². The van der Waals surface area contributed by atoms with Crippen LogP contribution < -0.4 is 16.0 Å². The molecule has 0 spiro atoms. The maximum atomic E-state index is 12.4. The van der Waals surface area contributed by atoms with Crippen LogP contribution in [0.3, 0.4) is 0 Å². The van der Waals surface area contributed by atoms with E-state index < -0.39 is 0 Å². The van der Waals surface area contributed by atoms with Gasteiger partial charge in [0.05, 0.1) is 18.3 Å². The average Bonchev–Trinajstić information content (AvgIpc) is 3.37. The van der Waals surface area contributed by atoms with E-state index in [9.17, 15) is 9.59 Å². The molecule has 8 heteroatoms. The standard InChI is InChI=1S/C19H29N5O2S/c25-17(23-19-22-14-5-1-7-16(14)27-19)12-24-9-3-4-13(11-24)10-21-18(26)15-6-2-8-20-15/h13,15,20H,1-12H2,(H,21,26)(H,22,23,25). The molecule has 27 heavy (non-hydrogen) atoms. The molecule has 3 heterocycles. The van der Waals surface area contributed by atoms with E-state index in [0.29, 0.717) is 19.0 Å². The van der Waals surface area contributed by atoms with Crippen molar-refractivity contribution in [2.24, 2.45) is 5.92 Å². The number of hydrogen-bond donors (Lipinski definition) is 3. The van der Waals surface area contributed by atoms with Gasteiger partial charge in [0.25, 0.3) is 0 Å². The largest absolute Gasteiger partial charge is 0.354 e. The Morgan fingerprint density at radius 3 is 2.96 bits per heavy atom. The van der Waals surface area contributed by atoms with E-state index >= 15 is 0 Å². The lowest BCUT2D eigenvalue weighted by Gasteiger charge is -2.32. The van der Waals surface area contributed by atoms with Crippen LogP contribution in [0.15, 0.2) is 0 Å².